The summed E-state index contributed by atoms with van der Waals surface area (Å²) in [6.07, 6.45) is 1.07. The van der Waals surface area contributed by atoms with Crippen LogP contribution in [0.2, 0.25) is 0 Å². The van der Waals surface area contributed by atoms with Crippen molar-refractivity contribution in [1.29, 1.82) is 0 Å². The number of carbonyl (C=O) groups excluding carboxylic acids is 1. The van der Waals surface area contributed by atoms with Crippen molar-refractivity contribution in [3.05, 3.63) is 29.6 Å². The number of fused-ring (bicyclic) bond motifs is 1. The van der Waals surface area contributed by atoms with E-state index in [1.165, 1.54) is 12.1 Å². The Kier molecular flexibility index (Phi) is 2.71. The molecule has 0 fully saturated rings. The number of rotatable bonds is 3. The van der Waals surface area contributed by atoms with E-state index < -0.39 is 0 Å². The van der Waals surface area contributed by atoms with Crippen LogP contribution in [-0.4, -0.2) is 12.3 Å². The molecular weight excluding hydrogens is 193 g/mol. The Morgan fingerprint density at radius 1 is 1.60 bits per heavy atom. The van der Waals surface area contributed by atoms with Gasteiger partial charge in [0.05, 0.1) is 0 Å². The zero-order valence-electron chi connectivity index (χ0n) is 8.72. The average Bonchev–Trinajstić information content (AvgIpc) is 2.61. The molecule has 0 saturated carbocycles. The van der Waals surface area contributed by atoms with E-state index in [1.54, 1.807) is 6.07 Å². The number of nitrogens with one attached hydrogen (secondary N) is 1. The van der Waals surface area contributed by atoms with Gasteiger partial charge in [-0.3, -0.25) is 4.79 Å². The van der Waals surface area contributed by atoms with Gasteiger partial charge in [-0.05, 0) is 23.8 Å². The lowest BCUT2D eigenvalue weighted by Gasteiger charge is -2.07. The third-order valence-corrected chi connectivity index (χ3v) is 2.86. The normalized spacial score (nSPS) is 18.4. The molecule has 0 radical (unpaired) electrons. The summed E-state index contributed by atoms with van der Waals surface area (Å²) in [6.45, 7) is 2.60. The van der Waals surface area contributed by atoms with Gasteiger partial charge in [0, 0.05) is 31.0 Å². The summed E-state index contributed by atoms with van der Waals surface area (Å²) in [6, 6.07) is 4.71. The highest BCUT2D eigenvalue weighted by atomic mass is 19.1. The fourth-order valence-corrected chi connectivity index (χ4v) is 1.98. The monoisotopic (exact) mass is 207 g/mol. The highest BCUT2D eigenvalue weighted by molar-refractivity contribution is 5.80. The SMILES string of the molecule is CCC(=O)CC1CNc2ccc(F)cc21. The molecule has 1 unspecified atom stereocenters. The van der Waals surface area contributed by atoms with Crippen molar-refractivity contribution in [2.75, 3.05) is 11.9 Å². The largest absolute Gasteiger partial charge is 0.384 e. The van der Waals surface area contributed by atoms with Crippen molar-refractivity contribution < 1.29 is 9.18 Å². The van der Waals surface area contributed by atoms with Gasteiger partial charge in [-0.1, -0.05) is 6.92 Å². The third-order valence-electron chi connectivity index (χ3n) is 2.86. The average molecular weight is 207 g/mol. The lowest BCUT2D eigenvalue weighted by molar-refractivity contribution is -0.119. The summed E-state index contributed by atoms with van der Waals surface area (Å²) >= 11 is 0. The quantitative estimate of drug-likeness (QED) is 0.825. The molecule has 3 heteroatoms. The second-order valence-corrected chi connectivity index (χ2v) is 3.91. The van der Waals surface area contributed by atoms with Crippen LogP contribution >= 0.6 is 0 Å². The van der Waals surface area contributed by atoms with Crippen LogP contribution in [0.25, 0.3) is 0 Å². The van der Waals surface area contributed by atoms with Crippen LogP contribution in [0.4, 0.5) is 10.1 Å². The molecule has 1 aliphatic heterocycles. The van der Waals surface area contributed by atoms with Crippen LogP contribution in [-0.2, 0) is 4.79 Å². The molecule has 0 bridgehead atoms. The number of ketones is 1. The van der Waals surface area contributed by atoms with E-state index in [2.05, 4.69) is 5.32 Å². The van der Waals surface area contributed by atoms with Crippen molar-refractivity contribution in [1.82, 2.24) is 0 Å². The molecule has 80 valence electrons. The Morgan fingerprint density at radius 2 is 2.40 bits per heavy atom. The fraction of sp³-hybridized carbons (Fsp3) is 0.417. The Labute approximate surface area is 88.5 Å². The lowest BCUT2D eigenvalue weighted by atomic mass is 9.95. The van der Waals surface area contributed by atoms with Crippen LogP contribution in [0, 0.1) is 5.82 Å². The number of anilines is 1. The van der Waals surface area contributed by atoms with E-state index in [9.17, 15) is 9.18 Å². The molecule has 0 aromatic heterocycles. The molecule has 15 heavy (non-hydrogen) atoms. The Balaban J connectivity index is 2.20. The Morgan fingerprint density at radius 3 is 3.13 bits per heavy atom. The number of hydrogen-bond acceptors (Lipinski definition) is 2. The Bertz CT molecular complexity index is 389. The smallest absolute Gasteiger partial charge is 0.133 e. The van der Waals surface area contributed by atoms with Crippen LogP contribution in [0.1, 0.15) is 31.2 Å². The molecule has 0 aliphatic carbocycles. The highest BCUT2D eigenvalue weighted by Gasteiger charge is 2.24. The highest BCUT2D eigenvalue weighted by Crippen LogP contribution is 2.34. The minimum atomic E-state index is -0.230. The van der Waals surface area contributed by atoms with E-state index >= 15 is 0 Å². The lowest BCUT2D eigenvalue weighted by Crippen LogP contribution is -2.08. The van der Waals surface area contributed by atoms with E-state index in [4.69, 9.17) is 0 Å². The summed E-state index contributed by atoms with van der Waals surface area (Å²) in [7, 11) is 0. The van der Waals surface area contributed by atoms with E-state index in [0.717, 1.165) is 17.8 Å². The molecule has 1 N–H and O–H groups in total. The first kappa shape index (κ1) is 10.1. The number of carbonyl (C=O) groups is 1. The maximum Gasteiger partial charge on any atom is 0.133 e. The predicted octanol–water partition coefficient (Wildman–Crippen LogP) is 2.70. The van der Waals surface area contributed by atoms with Gasteiger partial charge >= 0.3 is 0 Å². The molecule has 1 aromatic rings. The van der Waals surface area contributed by atoms with Crippen molar-refractivity contribution in [3.8, 4) is 0 Å². The van der Waals surface area contributed by atoms with Gasteiger partial charge in [-0.25, -0.2) is 4.39 Å². The van der Waals surface area contributed by atoms with Crippen LogP contribution in [0.15, 0.2) is 18.2 Å². The van der Waals surface area contributed by atoms with E-state index in [1.807, 2.05) is 6.92 Å². The maximum atomic E-state index is 13.0. The first-order chi connectivity index (χ1) is 7.20. The standard InChI is InChI=1S/C12H14FNO/c1-2-10(15)5-8-7-14-12-4-3-9(13)6-11(8)12/h3-4,6,8,14H,2,5,7H2,1H3. The number of Topliss-reactive ketones (excluding diaryl/α,β-unsaturated/α-hetero) is 1. The molecule has 1 aliphatic rings. The topological polar surface area (TPSA) is 29.1 Å². The van der Waals surface area contributed by atoms with Gasteiger partial charge in [0.25, 0.3) is 0 Å². The number of benzene rings is 1. The summed E-state index contributed by atoms with van der Waals surface area (Å²) in [4.78, 5) is 11.3. The zero-order valence-corrected chi connectivity index (χ0v) is 8.72. The zero-order chi connectivity index (χ0) is 10.8. The molecular formula is C12H14FNO. The summed E-state index contributed by atoms with van der Waals surface area (Å²) in [5.74, 6) is 0.147. The van der Waals surface area contributed by atoms with Gasteiger partial charge in [-0.15, -0.1) is 0 Å². The van der Waals surface area contributed by atoms with Crippen LogP contribution < -0.4 is 5.32 Å². The van der Waals surface area contributed by atoms with Crippen molar-refractivity contribution in [2.45, 2.75) is 25.7 Å². The molecule has 0 saturated heterocycles. The molecule has 1 atom stereocenters. The Hall–Kier alpha value is -1.38. The molecule has 1 aromatic carbocycles. The summed E-state index contributed by atoms with van der Waals surface area (Å²) in [5, 5.41) is 3.19. The van der Waals surface area contributed by atoms with E-state index in [-0.39, 0.29) is 17.5 Å². The first-order valence-electron chi connectivity index (χ1n) is 5.25. The summed E-state index contributed by atoms with van der Waals surface area (Å²) in [5.41, 5.74) is 1.90. The van der Waals surface area contributed by atoms with Gasteiger partial charge < -0.3 is 5.32 Å². The second kappa shape index (κ2) is 4.01. The minimum Gasteiger partial charge on any atom is -0.384 e. The van der Waals surface area contributed by atoms with Gasteiger partial charge in [0.15, 0.2) is 0 Å². The number of hydrogen-bond donors (Lipinski definition) is 1. The molecule has 0 spiro atoms. The van der Waals surface area contributed by atoms with Crippen LogP contribution in [0.5, 0.6) is 0 Å². The van der Waals surface area contributed by atoms with E-state index in [0.29, 0.717) is 12.8 Å². The van der Waals surface area contributed by atoms with Gasteiger partial charge in [-0.2, -0.15) is 0 Å². The van der Waals surface area contributed by atoms with Crippen LogP contribution in [0.3, 0.4) is 0 Å². The maximum absolute atomic E-state index is 13.0. The van der Waals surface area contributed by atoms with Crippen molar-refractivity contribution in [2.24, 2.45) is 0 Å². The van der Waals surface area contributed by atoms with Crippen molar-refractivity contribution >= 4 is 11.5 Å². The summed E-state index contributed by atoms with van der Waals surface area (Å²) < 4.78 is 13.0. The fourth-order valence-electron chi connectivity index (χ4n) is 1.98. The van der Waals surface area contributed by atoms with Crippen molar-refractivity contribution in [3.63, 3.8) is 0 Å². The molecule has 0 amide bonds. The molecule has 2 nitrogen and oxygen atoms in total. The van der Waals surface area contributed by atoms with Gasteiger partial charge in [0.2, 0.25) is 0 Å². The molecule has 2 rings (SSSR count). The second-order valence-electron chi connectivity index (χ2n) is 3.91. The van der Waals surface area contributed by atoms with Gasteiger partial charge in [0.1, 0.15) is 11.6 Å². The minimum absolute atomic E-state index is 0.142. The first-order valence-corrected chi connectivity index (χ1v) is 5.25. The third kappa shape index (κ3) is 2.01. The molecule has 1 heterocycles. The number of halogens is 1. The predicted molar refractivity (Wildman–Crippen MR) is 57.5 cm³/mol.